The lowest BCUT2D eigenvalue weighted by Gasteiger charge is -2.24. The van der Waals surface area contributed by atoms with Gasteiger partial charge in [0, 0.05) is 11.5 Å². The van der Waals surface area contributed by atoms with E-state index in [0.29, 0.717) is 30.3 Å². The van der Waals surface area contributed by atoms with Crippen LogP contribution in [-0.4, -0.2) is 33.4 Å². The highest BCUT2D eigenvalue weighted by molar-refractivity contribution is 5.87. The Labute approximate surface area is 204 Å². The van der Waals surface area contributed by atoms with Crippen molar-refractivity contribution in [3.8, 4) is 11.5 Å². The lowest BCUT2D eigenvalue weighted by atomic mass is 9.82. The monoisotopic (exact) mass is 466 g/mol. The van der Waals surface area contributed by atoms with Crippen molar-refractivity contribution in [2.24, 2.45) is 11.8 Å². The molecule has 0 radical (unpaired) electrons. The van der Waals surface area contributed by atoms with Crippen LogP contribution in [0.5, 0.6) is 11.5 Å². The van der Waals surface area contributed by atoms with E-state index < -0.39 is 0 Å². The second kappa shape index (κ2) is 11.1. The first-order chi connectivity index (χ1) is 16.2. The van der Waals surface area contributed by atoms with Gasteiger partial charge in [-0.15, -0.1) is 0 Å². The molecule has 184 valence electrons. The molecule has 3 atom stereocenters. The van der Waals surface area contributed by atoms with Gasteiger partial charge in [0.1, 0.15) is 0 Å². The Bertz CT molecular complexity index is 1000. The van der Waals surface area contributed by atoms with E-state index in [1.165, 1.54) is 11.1 Å². The molecule has 1 saturated heterocycles. The van der Waals surface area contributed by atoms with Crippen LogP contribution >= 0.6 is 0 Å². The van der Waals surface area contributed by atoms with E-state index in [2.05, 4.69) is 45.0 Å². The standard InChI is InChI=1S/C29H38O5/c1-8-19(2)28(30)34-18-24-22(15-20-9-12-23(13-10-20)29(3,4)5)17-33-27(24)21-11-14-25(31-6)26(16-21)32-7/h8-14,16,22,24,27H,15,17-18H2,1-7H3/b19-8-/t22-,24-,27?/m0/s1. The van der Waals surface area contributed by atoms with E-state index in [4.69, 9.17) is 18.9 Å². The summed E-state index contributed by atoms with van der Waals surface area (Å²) in [5, 5.41) is 0. The first kappa shape index (κ1) is 25.8. The summed E-state index contributed by atoms with van der Waals surface area (Å²) in [7, 11) is 3.25. The summed E-state index contributed by atoms with van der Waals surface area (Å²) in [4.78, 5) is 12.4. The summed E-state index contributed by atoms with van der Waals surface area (Å²) in [6.07, 6.45) is 2.43. The van der Waals surface area contributed by atoms with Crippen molar-refractivity contribution in [3.05, 3.63) is 70.8 Å². The molecular weight excluding hydrogens is 428 g/mol. The molecule has 1 aliphatic rings. The molecule has 2 aromatic carbocycles. The van der Waals surface area contributed by atoms with Crippen LogP contribution in [0.2, 0.25) is 0 Å². The van der Waals surface area contributed by atoms with Gasteiger partial charge in [-0.2, -0.15) is 0 Å². The van der Waals surface area contributed by atoms with Crippen molar-refractivity contribution < 1.29 is 23.7 Å². The number of carbonyl (C=O) groups excluding carboxylic acids is 1. The fraction of sp³-hybridized carbons (Fsp3) is 0.483. The second-order valence-corrected chi connectivity index (χ2v) is 10.0. The largest absolute Gasteiger partial charge is 0.493 e. The average molecular weight is 467 g/mol. The van der Waals surface area contributed by atoms with Crippen molar-refractivity contribution in [1.82, 2.24) is 0 Å². The van der Waals surface area contributed by atoms with Crippen LogP contribution < -0.4 is 9.47 Å². The van der Waals surface area contributed by atoms with Gasteiger partial charge >= 0.3 is 5.97 Å². The van der Waals surface area contributed by atoms with Crippen LogP contribution in [0.1, 0.15) is 57.4 Å². The number of ether oxygens (including phenoxy) is 4. The molecule has 1 heterocycles. The molecule has 0 amide bonds. The van der Waals surface area contributed by atoms with Crippen LogP contribution in [0.25, 0.3) is 0 Å². The summed E-state index contributed by atoms with van der Waals surface area (Å²) in [6, 6.07) is 14.7. The molecule has 1 unspecified atom stereocenters. The van der Waals surface area contributed by atoms with E-state index in [0.717, 1.165) is 12.0 Å². The normalized spacial score (nSPS) is 20.8. The molecule has 0 bridgehead atoms. The van der Waals surface area contributed by atoms with Crippen molar-refractivity contribution in [3.63, 3.8) is 0 Å². The minimum atomic E-state index is -0.284. The van der Waals surface area contributed by atoms with Crippen molar-refractivity contribution in [2.45, 2.75) is 52.6 Å². The summed E-state index contributed by atoms with van der Waals surface area (Å²) >= 11 is 0. The van der Waals surface area contributed by atoms with Gasteiger partial charge in [-0.3, -0.25) is 0 Å². The molecule has 0 N–H and O–H groups in total. The van der Waals surface area contributed by atoms with Crippen LogP contribution in [0.15, 0.2) is 54.1 Å². The topological polar surface area (TPSA) is 54.0 Å². The van der Waals surface area contributed by atoms with Gasteiger partial charge in [0.15, 0.2) is 11.5 Å². The average Bonchev–Trinajstić information content (AvgIpc) is 3.23. The van der Waals surface area contributed by atoms with Gasteiger partial charge in [0.25, 0.3) is 0 Å². The number of esters is 1. The Hall–Kier alpha value is -2.79. The number of allylic oxidation sites excluding steroid dienone is 1. The predicted molar refractivity (Wildman–Crippen MR) is 134 cm³/mol. The fourth-order valence-corrected chi connectivity index (χ4v) is 4.38. The van der Waals surface area contributed by atoms with Crippen molar-refractivity contribution in [2.75, 3.05) is 27.4 Å². The molecule has 34 heavy (non-hydrogen) atoms. The molecule has 1 fully saturated rings. The zero-order valence-electron chi connectivity index (χ0n) is 21.5. The number of carbonyl (C=O) groups is 1. The Morgan fingerprint density at radius 1 is 1.06 bits per heavy atom. The maximum atomic E-state index is 12.4. The number of benzene rings is 2. The van der Waals surface area contributed by atoms with Gasteiger partial charge in [-0.25, -0.2) is 4.79 Å². The fourth-order valence-electron chi connectivity index (χ4n) is 4.38. The highest BCUT2D eigenvalue weighted by Crippen LogP contribution is 2.42. The third kappa shape index (κ3) is 6.01. The summed E-state index contributed by atoms with van der Waals surface area (Å²) in [5.74, 6) is 1.29. The highest BCUT2D eigenvalue weighted by atomic mass is 16.5. The minimum absolute atomic E-state index is 0.0222. The van der Waals surface area contributed by atoms with Gasteiger partial charge in [-0.1, -0.05) is 57.2 Å². The van der Waals surface area contributed by atoms with Crippen molar-refractivity contribution in [1.29, 1.82) is 0 Å². The van der Waals surface area contributed by atoms with Gasteiger partial charge < -0.3 is 18.9 Å². The zero-order chi connectivity index (χ0) is 24.9. The van der Waals surface area contributed by atoms with Crippen LogP contribution in [0.3, 0.4) is 0 Å². The quantitative estimate of drug-likeness (QED) is 0.350. The minimum Gasteiger partial charge on any atom is -0.493 e. The van der Waals surface area contributed by atoms with E-state index >= 15 is 0 Å². The van der Waals surface area contributed by atoms with Crippen LogP contribution in [0.4, 0.5) is 0 Å². The number of hydrogen-bond donors (Lipinski definition) is 0. The Balaban J connectivity index is 1.84. The molecular formula is C29H38O5. The first-order valence-electron chi connectivity index (χ1n) is 11.9. The Morgan fingerprint density at radius 2 is 1.74 bits per heavy atom. The molecule has 2 aromatic rings. The van der Waals surface area contributed by atoms with Crippen LogP contribution in [0, 0.1) is 11.8 Å². The molecule has 0 aromatic heterocycles. The van der Waals surface area contributed by atoms with E-state index in [9.17, 15) is 4.79 Å². The van der Waals surface area contributed by atoms with Gasteiger partial charge in [0.2, 0.25) is 0 Å². The molecule has 5 nitrogen and oxygen atoms in total. The molecule has 5 heteroatoms. The summed E-state index contributed by atoms with van der Waals surface area (Å²) in [5.41, 5.74) is 4.29. The van der Waals surface area contributed by atoms with E-state index in [1.807, 2.05) is 25.1 Å². The molecule has 3 rings (SSSR count). The van der Waals surface area contributed by atoms with Gasteiger partial charge in [0.05, 0.1) is 33.5 Å². The number of hydrogen-bond acceptors (Lipinski definition) is 5. The third-order valence-corrected chi connectivity index (χ3v) is 6.70. The molecule has 0 saturated carbocycles. The highest BCUT2D eigenvalue weighted by Gasteiger charge is 2.39. The first-order valence-corrected chi connectivity index (χ1v) is 11.9. The predicted octanol–water partition coefficient (Wildman–Crippen LogP) is 6.06. The lowest BCUT2D eigenvalue weighted by molar-refractivity contribution is -0.141. The molecule has 0 aliphatic carbocycles. The molecule has 0 spiro atoms. The maximum absolute atomic E-state index is 12.4. The SMILES string of the molecule is C/C=C(/C)C(=O)OC[C@@H]1C(c2ccc(OC)c(OC)c2)OC[C@@H]1Cc1ccc(C(C)(C)C)cc1. The lowest BCUT2D eigenvalue weighted by Crippen LogP contribution is -2.24. The smallest absolute Gasteiger partial charge is 0.333 e. The van der Waals surface area contributed by atoms with Crippen molar-refractivity contribution >= 4 is 5.97 Å². The second-order valence-electron chi connectivity index (χ2n) is 10.0. The van der Waals surface area contributed by atoms with Crippen LogP contribution in [-0.2, 0) is 26.1 Å². The van der Waals surface area contributed by atoms with E-state index in [1.54, 1.807) is 27.2 Å². The third-order valence-electron chi connectivity index (χ3n) is 6.70. The van der Waals surface area contributed by atoms with E-state index in [-0.39, 0.29) is 29.3 Å². The summed E-state index contributed by atoms with van der Waals surface area (Å²) < 4.78 is 22.9. The number of rotatable bonds is 8. The zero-order valence-corrected chi connectivity index (χ0v) is 21.5. The Morgan fingerprint density at radius 3 is 2.32 bits per heavy atom. The summed E-state index contributed by atoms with van der Waals surface area (Å²) in [6.45, 7) is 11.2. The maximum Gasteiger partial charge on any atom is 0.333 e. The molecule has 1 aliphatic heterocycles. The Kier molecular flexibility index (Phi) is 8.42. The number of methoxy groups -OCH3 is 2. The van der Waals surface area contributed by atoms with Gasteiger partial charge in [-0.05, 0) is 60.4 Å².